The van der Waals surface area contributed by atoms with Gasteiger partial charge in [-0.2, -0.15) is 5.26 Å². The van der Waals surface area contributed by atoms with Gasteiger partial charge in [0.05, 0.1) is 25.2 Å². The molecule has 0 spiro atoms. The maximum absolute atomic E-state index is 12.6. The number of hydrogen-bond acceptors (Lipinski definition) is 8. The lowest BCUT2D eigenvalue weighted by molar-refractivity contribution is -0.139. The second kappa shape index (κ2) is 7.48. The van der Waals surface area contributed by atoms with Crippen LogP contribution in [0.5, 0.6) is 5.75 Å². The highest BCUT2D eigenvalue weighted by Gasteiger charge is 2.37. The van der Waals surface area contributed by atoms with Gasteiger partial charge in [0.2, 0.25) is 5.88 Å². The van der Waals surface area contributed by atoms with E-state index in [9.17, 15) is 14.9 Å². The first-order chi connectivity index (χ1) is 13.4. The highest BCUT2D eigenvalue weighted by molar-refractivity contribution is 5.94. The summed E-state index contributed by atoms with van der Waals surface area (Å²) in [6.45, 7) is 3.35. The van der Waals surface area contributed by atoms with Gasteiger partial charge in [-0.15, -0.1) is 0 Å². The van der Waals surface area contributed by atoms with Crippen LogP contribution < -0.4 is 16.1 Å². The summed E-state index contributed by atoms with van der Waals surface area (Å²) in [7, 11) is 1.50. The predicted molar refractivity (Wildman–Crippen MR) is 99.0 cm³/mol. The van der Waals surface area contributed by atoms with E-state index in [2.05, 4.69) is 0 Å². The largest absolute Gasteiger partial charge is 0.497 e. The molecule has 8 nitrogen and oxygen atoms in total. The van der Waals surface area contributed by atoms with Crippen LogP contribution in [0.3, 0.4) is 0 Å². The summed E-state index contributed by atoms with van der Waals surface area (Å²) in [6, 6.07) is 8.10. The number of ether oxygens (including phenoxy) is 3. The van der Waals surface area contributed by atoms with Gasteiger partial charge in [0.15, 0.2) is 0 Å². The molecule has 1 atom stereocenters. The van der Waals surface area contributed by atoms with E-state index >= 15 is 0 Å². The van der Waals surface area contributed by atoms with E-state index in [0.717, 1.165) is 0 Å². The minimum Gasteiger partial charge on any atom is -0.497 e. The van der Waals surface area contributed by atoms with Gasteiger partial charge in [-0.25, -0.2) is 9.59 Å². The number of carbonyl (C=O) groups excluding carboxylic acids is 1. The van der Waals surface area contributed by atoms with Gasteiger partial charge in [0.1, 0.15) is 28.7 Å². The summed E-state index contributed by atoms with van der Waals surface area (Å²) in [5.41, 5.74) is 6.03. The fourth-order valence-corrected chi connectivity index (χ4v) is 3.20. The third kappa shape index (κ3) is 3.18. The molecule has 2 heterocycles. The second-order valence-corrected chi connectivity index (χ2v) is 6.00. The van der Waals surface area contributed by atoms with Crippen LogP contribution in [0.4, 0.5) is 0 Å². The van der Waals surface area contributed by atoms with Gasteiger partial charge in [-0.3, -0.25) is 0 Å². The van der Waals surface area contributed by atoms with Crippen molar-refractivity contribution < 1.29 is 23.4 Å². The zero-order valence-electron chi connectivity index (χ0n) is 15.6. The van der Waals surface area contributed by atoms with Crippen LogP contribution in [0.1, 0.15) is 25.3 Å². The van der Waals surface area contributed by atoms with Gasteiger partial charge in [-0.05, 0) is 37.6 Å². The molecular weight excluding hydrogens is 364 g/mol. The molecule has 2 N–H and O–H groups in total. The van der Waals surface area contributed by atoms with Crippen molar-refractivity contribution in [2.45, 2.75) is 19.8 Å². The standard InChI is InChI=1S/C20H18N2O6/c1-4-26-20(24)17-10(2)27-19(22)14(9-21)18(17)13-8-16(23)28-15-6-5-11(25-3)7-12(13)15/h5-8,18H,4,22H2,1-3H3. The van der Waals surface area contributed by atoms with Gasteiger partial charge in [0.25, 0.3) is 0 Å². The first-order valence-electron chi connectivity index (χ1n) is 8.48. The van der Waals surface area contributed by atoms with Crippen molar-refractivity contribution in [2.24, 2.45) is 5.73 Å². The Morgan fingerprint density at radius 1 is 1.36 bits per heavy atom. The number of rotatable bonds is 4. The Hall–Kier alpha value is -3.73. The van der Waals surface area contributed by atoms with Crippen LogP contribution in [-0.2, 0) is 14.3 Å². The summed E-state index contributed by atoms with van der Waals surface area (Å²) in [4.78, 5) is 24.8. The molecule has 3 rings (SSSR count). The quantitative estimate of drug-likeness (QED) is 0.631. The monoisotopic (exact) mass is 382 g/mol. The van der Waals surface area contributed by atoms with Crippen molar-refractivity contribution >= 4 is 16.9 Å². The maximum atomic E-state index is 12.6. The molecule has 0 saturated carbocycles. The molecule has 1 unspecified atom stereocenters. The van der Waals surface area contributed by atoms with Crippen molar-refractivity contribution in [3.05, 3.63) is 63.0 Å². The van der Waals surface area contributed by atoms with Crippen LogP contribution >= 0.6 is 0 Å². The molecule has 0 amide bonds. The third-order valence-electron chi connectivity index (χ3n) is 4.39. The third-order valence-corrected chi connectivity index (χ3v) is 4.39. The summed E-state index contributed by atoms with van der Waals surface area (Å²) in [5.74, 6) is -1.03. The average Bonchev–Trinajstić information content (AvgIpc) is 2.66. The molecule has 0 saturated heterocycles. The van der Waals surface area contributed by atoms with Crippen LogP contribution in [-0.4, -0.2) is 19.7 Å². The second-order valence-electron chi connectivity index (χ2n) is 6.00. The Balaban J connectivity index is 2.37. The van der Waals surface area contributed by atoms with Crippen molar-refractivity contribution in [1.82, 2.24) is 0 Å². The zero-order chi connectivity index (χ0) is 20.4. The van der Waals surface area contributed by atoms with E-state index in [1.165, 1.54) is 13.2 Å². The summed E-state index contributed by atoms with van der Waals surface area (Å²) >= 11 is 0. The van der Waals surface area contributed by atoms with E-state index in [-0.39, 0.29) is 35.0 Å². The lowest BCUT2D eigenvalue weighted by Gasteiger charge is -2.27. The molecule has 144 valence electrons. The molecule has 1 aliphatic rings. The number of nitrogens with two attached hydrogens (primary N) is 1. The fraction of sp³-hybridized carbons (Fsp3) is 0.250. The molecule has 0 radical (unpaired) electrons. The first kappa shape index (κ1) is 19.0. The Labute approximate surface area is 160 Å². The molecule has 1 aromatic heterocycles. The van der Waals surface area contributed by atoms with E-state index in [4.69, 9.17) is 24.4 Å². The molecule has 1 aromatic carbocycles. The summed E-state index contributed by atoms with van der Waals surface area (Å²) in [5, 5.41) is 10.2. The number of carbonyl (C=O) groups is 1. The molecule has 28 heavy (non-hydrogen) atoms. The molecule has 0 bridgehead atoms. The number of nitrogens with zero attached hydrogens (tertiary/aromatic N) is 1. The zero-order valence-corrected chi connectivity index (χ0v) is 15.6. The summed E-state index contributed by atoms with van der Waals surface area (Å²) < 4.78 is 21.0. The Morgan fingerprint density at radius 3 is 2.75 bits per heavy atom. The van der Waals surface area contributed by atoms with Crippen molar-refractivity contribution in [1.29, 1.82) is 5.26 Å². The highest BCUT2D eigenvalue weighted by atomic mass is 16.5. The number of benzene rings is 1. The van der Waals surface area contributed by atoms with E-state index in [1.54, 1.807) is 32.0 Å². The number of esters is 1. The molecule has 0 fully saturated rings. The topological polar surface area (TPSA) is 125 Å². The lowest BCUT2D eigenvalue weighted by Crippen LogP contribution is -2.26. The van der Waals surface area contributed by atoms with Gasteiger partial charge in [-0.1, -0.05) is 0 Å². The number of hydrogen-bond donors (Lipinski definition) is 1. The van der Waals surface area contributed by atoms with Gasteiger partial charge in [0, 0.05) is 11.5 Å². The van der Waals surface area contributed by atoms with E-state index < -0.39 is 17.5 Å². The van der Waals surface area contributed by atoms with Gasteiger partial charge >= 0.3 is 11.6 Å². The fourth-order valence-electron chi connectivity index (χ4n) is 3.20. The normalized spacial score (nSPS) is 16.6. The predicted octanol–water partition coefficient (Wildman–Crippen LogP) is 2.45. The Morgan fingerprint density at radius 2 is 2.11 bits per heavy atom. The number of methoxy groups -OCH3 is 1. The maximum Gasteiger partial charge on any atom is 0.338 e. The van der Waals surface area contributed by atoms with E-state index in [0.29, 0.717) is 16.7 Å². The lowest BCUT2D eigenvalue weighted by atomic mass is 9.82. The van der Waals surface area contributed by atoms with Crippen LogP contribution in [0.25, 0.3) is 11.0 Å². The van der Waals surface area contributed by atoms with Crippen molar-refractivity contribution in [2.75, 3.05) is 13.7 Å². The number of allylic oxidation sites excluding steroid dienone is 2. The number of fused-ring (bicyclic) bond motifs is 1. The average molecular weight is 382 g/mol. The molecule has 1 aliphatic heterocycles. The highest BCUT2D eigenvalue weighted by Crippen LogP contribution is 2.42. The van der Waals surface area contributed by atoms with E-state index in [1.807, 2.05) is 6.07 Å². The Kier molecular flexibility index (Phi) is 5.09. The molecule has 8 heteroatoms. The van der Waals surface area contributed by atoms with Crippen LogP contribution in [0.2, 0.25) is 0 Å². The minimum atomic E-state index is -0.948. The van der Waals surface area contributed by atoms with Crippen LogP contribution in [0.15, 0.2) is 56.3 Å². The SMILES string of the molecule is CCOC(=O)C1=C(C)OC(N)=C(C#N)C1c1cc(=O)oc2ccc(OC)cc12. The molecular formula is C20H18N2O6. The smallest absolute Gasteiger partial charge is 0.338 e. The Bertz CT molecular complexity index is 1120. The van der Waals surface area contributed by atoms with Crippen molar-refractivity contribution in [3.63, 3.8) is 0 Å². The van der Waals surface area contributed by atoms with Crippen molar-refractivity contribution in [3.8, 4) is 11.8 Å². The van der Waals surface area contributed by atoms with Crippen LogP contribution in [0, 0.1) is 11.3 Å². The number of nitriles is 1. The molecule has 2 aromatic rings. The minimum absolute atomic E-state index is 0.00312. The first-order valence-corrected chi connectivity index (χ1v) is 8.48. The molecule has 0 aliphatic carbocycles. The summed E-state index contributed by atoms with van der Waals surface area (Å²) in [6.07, 6.45) is 0. The van der Waals surface area contributed by atoms with Gasteiger partial charge < -0.3 is 24.4 Å².